The van der Waals surface area contributed by atoms with Crippen LogP contribution in [-0.2, 0) is 10.9 Å². The number of alkyl halides is 3. The molecule has 1 aromatic carbocycles. The predicted molar refractivity (Wildman–Crippen MR) is 90.9 cm³/mol. The quantitative estimate of drug-likeness (QED) is 0.861. The summed E-state index contributed by atoms with van der Waals surface area (Å²) in [5.74, 6) is 0.152. The number of hydrogen-bond donors (Lipinski definition) is 2. The molecule has 1 aromatic heterocycles. The van der Waals surface area contributed by atoms with Crippen LogP contribution in [0.5, 0.6) is 0 Å². The first kappa shape index (κ1) is 18.3. The van der Waals surface area contributed by atoms with Gasteiger partial charge in [0.1, 0.15) is 5.60 Å². The molecule has 0 saturated carbocycles. The first-order valence-electron chi connectivity index (χ1n) is 8.29. The van der Waals surface area contributed by atoms with Crippen LogP contribution in [0.25, 0.3) is 10.9 Å². The fourth-order valence-electron chi connectivity index (χ4n) is 2.79. The van der Waals surface area contributed by atoms with Gasteiger partial charge in [0, 0.05) is 36.6 Å². The van der Waals surface area contributed by atoms with Gasteiger partial charge in [0.25, 0.3) is 0 Å². The third-order valence-corrected chi connectivity index (χ3v) is 4.08. The SMILES string of the molecule is CC(C)(C)OC(=O)N1CC(CNc2cc(C(F)(F)F)cc3[nH]ncc23)C1. The number of nitrogens with one attached hydrogen (secondary N) is 2. The summed E-state index contributed by atoms with van der Waals surface area (Å²) < 4.78 is 44.4. The standard InChI is InChI=1S/C17H21F3N4O2/c1-16(2,3)26-15(25)24-8-10(9-24)6-21-13-4-11(17(18,19)20)5-14-12(13)7-22-23-14/h4-5,7,10,21H,6,8-9H2,1-3H3,(H,22,23). The number of aromatic amines is 1. The first-order valence-corrected chi connectivity index (χ1v) is 8.29. The van der Waals surface area contributed by atoms with Gasteiger partial charge in [0.15, 0.2) is 0 Å². The lowest BCUT2D eigenvalue weighted by atomic mass is 10.0. The van der Waals surface area contributed by atoms with Gasteiger partial charge in [-0.25, -0.2) is 4.79 Å². The number of aromatic nitrogens is 2. The van der Waals surface area contributed by atoms with Gasteiger partial charge in [-0.1, -0.05) is 0 Å². The summed E-state index contributed by atoms with van der Waals surface area (Å²) in [4.78, 5) is 13.5. The van der Waals surface area contributed by atoms with Crippen molar-refractivity contribution in [1.29, 1.82) is 0 Å². The predicted octanol–water partition coefficient (Wildman–Crippen LogP) is 3.86. The van der Waals surface area contributed by atoms with Crippen LogP contribution in [0.15, 0.2) is 18.3 Å². The zero-order valence-corrected chi connectivity index (χ0v) is 14.8. The Morgan fingerprint density at radius 2 is 2.04 bits per heavy atom. The molecular formula is C17H21F3N4O2. The smallest absolute Gasteiger partial charge is 0.416 e. The summed E-state index contributed by atoms with van der Waals surface area (Å²) in [6.07, 6.45) is -3.31. The highest BCUT2D eigenvalue weighted by Gasteiger charge is 2.34. The van der Waals surface area contributed by atoms with E-state index in [1.54, 1.807) is 25.7 Å². The summed E-state index contributed by atoms with van der Waals surface area (Å²) in [5.41, 5.74) is -0.586. The fourth-order valence-corrected chi connectivity index (χ4v) is 2.79. The summed E-state index contributed by atoms with van der Waals surface area (Å²) in [5, 5.41) is 10.0. The van der Waals surface area contributed by atoms with Crippen LogP contribution in [0.4, 0.5) is 23.7 Å². The molecule has 0 radical (unpaired) electrons. The molecule has 6 nitrogen and oxygen atoms in total. The summed E-state index contributed by atoms with van der Waals surface area (Å²) in [6.45, 7) is 6.88. The lowest BCUT2D eigenvalue weighted by molar-refractivity contribution is -0.137. The molecule has 26 heavy (non-hydrogen) atoms. The molecular weight excluding hydrogens is 349 g/mol. The highest BCUT2D eigenvalue weighted by Crippen LogP contribution is 2.35. The number of benzene rings is 1. The van der Waals surface area contributed by atoms with Crippen LogP contribution in [0.3, 0.4) is 0 Å². The van der Waals surface area contributed by atoms with Gasteiger partial charge >= 0.3 is 12.3 Å². The zero-order chi connectivity index (χ0) is 19.1. The third kappa shape index (κ3) is 4.03. The van der Waals surface area contributed by atoms with Crippen molar-refractivity contribution in [3.05, 3.63) is 23.9 Å². The van der Waals surface area contributed by atoms with Crippen molar-refractivity contribution in [1.82, 2.24) is 15.1 Å². The van der Waals surface area contributed by atoms with Crippen molar-refractivity contribution in [3.8, 4) is 0 Å². The average molecular weight is 370 g/mol. The van der Waals surface area contributed by atoms with E-state index in [9.17, 15) is 18.0 Å². The molecule has 0 bridgehead atoms. The molecule has 1 fully saturated rings. The van der Waals surface area contributed by atoms with Gasteiger partial charge in [-0.3, -0.25) is 5.10 Å². The molecule has 3 rings (SSSR count). The van der Waals surface area contributed by atoms with E-state index in [0.29, 0.717) is 36.2 Å². The Kier molecular flexibility index (Phi) is 4.49. The second-order valence-electron chi connectivity index (χ2n) is 7.49. The van der Waals surface area contributed by atoms with Gasteiger partial charge < -0.3 is 15.0 Å². The Hall–Kier alpha value is -2.45. The van der Waals surface area contributed by atoms with E-state index in [2.05, 4.69) is 15.5 Å². The maximum absolute atomic E-state index is 13.0. The fraction of sp³-hybridized carbons (Fsp3) is 0.529. The number of hydrogen-bond acceptors (Lipinski definition) is 4. The van der Waals surface area contributed by atoms with Gasteiger partial charge in [0.2, 0.25) is 0 Å². The average Bonchev–Trinajstić information content (AvgIpc) is 2.90. The van der Waals surface area contributed by atoms with Crippen LogP contribution in [0, 0.1) is 5.92 Å². The molecule has 1 aliphatic rings. The Balaban J connectivity index is 1.61. The molecule has 0 spiro atoms. The number of carbonyl (C=O) groups excluding carboxylic acids is 1. The number of carbonyl (C=O) groups is 1. The summed E-state index contributed by atoms with van der Waals surface area (Å²) in [7, 11) is 0. The summed E-state index contributed by atoms with van der Waals surface area (Å²) in [6, 6.07) is 2.13. The Labute approximate surface area is 148 Å². The third-order valence-electron chi connectivity index (χ3n) is 4.08. The largest absolute Gasteiger partial charge is 0.444 e. The molecule has 2 aromatic rings. The molecule has 1 amide bonds. The van der Waals surface area contributed by atoms with Crippen LogP contribution in [-0.4, -0.2) is 46.4 Å². The second kappa shape index (κ2) is 6.37. The Bertz CT molecular complexity index is 804. The molecule has 0 unspecified atom stereocenters. The molecule has 1 aliphatic heterocycles. The van der Waals surface area contributed by atoms with E-state index in [1.807, 2.05) is 0 Å². The topological polar surface area (TPSA) is 70.2 Å². The monoisotopic (exact) mass is 370 g/mol. The minimum atomic E-state index is -4.43. The number of H-pyrrole nitrogens is 1. The van der Waals surface area contributed by atoms with Crippen molar-refractivity contribution in [3.63, 3.8) is 0 Å². The minimum absolute atomic E-state index is 0.152. The number of rotatable bonds is 3. The number of halogens is 3. The molecule has 1 saturated heterocycles. The second-order valence-corrected chi connectivity index (χ2v) is 7.49. The van der Waals surface area contributed by atoms with Crippen LogP contribution in [0.2, 0.25) is 0 Å². The van der Waals surface area contributed by atoms with Gasteiger partial charge in [-0.15, -0.1) is 0 Å². The van der Waals surface area contributed by atoms with E-state index < -0.39 is 17.3 Å². The van der Waals surface area contributed by atoms with E-state index in [4.69, 9.17) is 4.74 Å². The summed E-state index contributed by atoms with van der Waals surface area (Å²) >= 11 is 0. The molecule has 9 heteroatoms. The number of amides is 1. The van der Waals surface area contributed by atoms with Crippen LogP contribution >= 0.6 is 0 Å². The lowest BCUT2D eigenvalue weighted by Crippen LogP contribution is -2.53. The van der Waals surface area contributed by atoms with E-state index in [1.165, 1.54) is 6.20 Å². The van der Waals surface area contributed by atoms with Crippen molar-refractivity contribution in [2.45, 2.75) is 32.5 Å². The van der Waals surface area contributed by atoms with Crippen molar-refractivity contribution in [2.75, 3.05) is 25.0 Å². The number of fused-ring (bicyclic) bond motifs is 1. The van der Waals surface area contributed by atoms with E-state index >= 15 is 0 Å². The minimum Gasteiger partial charge on any atom is -0.444 e. The molecule has 142 valence electrons. The van der Waals surface area contributed by atoms with Gasteiger partial charge in [-0.2, -0.15) is 18.3 Å². The van der Waals surface area contributed by atoms with Crippen molar-refractivity contribution < 1.29 is 22.7 Å². The van der Waals surface area contributed by atoms with Crippen LogP contribution < -0.4 is 5.32 Å². The molecule has 2 N–H and O–H groups in total. The Morgan fingerprint density at radius 1 is 1.35 bits per heavy atom. The maximum atomic E-state index is 13.0. The lowest BCUT2D eigenvalue weighted by Gasteiger charge is -2.40. The van der Waals surface area contributed by atoms with E-state index in [0.717, 1.165) is 12.1 Å². The van der Waals surface area contributed by atoms with Gasteiger partial charge in [0.05, 0.1) is 17.3 Å². The zero-order valence-electron chi connectivity index (χ0n) is 14.8. The number of ether oxygens (including phenoxy) is 1. The highest BCUT2D eigenvalue weighted by molar-refractivity contribution is 5.91. The number of anilines is 1. The van der Waals surface area contributed by atoms with Crippen molar-refractivity contribution in [2.24, 2.45) is 5.92 Å². The molecule has 0 atom stereocenters. The molecule has 2 heterocycles. The number of nitrogens with zero attached hydrogens (tertiary/aromatic N) is 2. The maximum Gasteiger partial charge on any atom is 0.416 e. The van der Waals surface area contributed by atoms with Crippen LogP contribution in [0.1, 0.15) is 26.3 Å². The first-order chi connectivity index (χ1) is 12.0. The number of likely N-dealkylation sites (tertiary alicyclic amines) is 1. The molecule has 0 aliphatic carbocycles. The van der Waals surface area contributed by atoms with Crippen molar-refractivity contribution >= 4 is 22.7 Å². The van der Waals surface area contributed by atoms with E-state index in [-0.39, 0.29) is 12.0 Å². The Morgan fingerprint density at radius 3 is 2.65 bits per heavy atom. The van der Waals surface area contributed by atoms with Gasteiger partial charge in [-0.05, 0) is 32.9 Å². The highest BCUT2D eigenvalue weighted by atomic mass is 19.4. The normalized spacial score (nSPS) is 15.8.